The number of benzene rings is 1. The van der Waals surface area contributed by atoms with Gasteiger partial charge >= 0.3 is 0 Å². The Kier molecular flexibility index (Phi) is 4.04. The molecule has 1 aliphatic rings. The first kappa shape index (κ1) is 16.5. The average Bonchev–Trinajstić information content (AvgIpc) is 3.19. The summed E-state index contributed by atoms with van der Waals surface area (Å²) in [5, 5.41) is 4.52. The van der Waals surface area contributed by atoms with Crippen LogP contribution in [0.1, 0.15) is 17.0 Å². The van der Waals surface area contributed by atoms with E-state index in [1.54, 1.807) is 11.7 Å². The van der Waals surface area contributed by atoms with Crippen molar-refractivity contribution in [2.45, 2.75) is 19.6 Å². The zero-order valence-electron chi connectivity index (χ0n) is 14.8. The van der Waals surface area contributed by atoms with Crippen molar-refractivity contribution in [2.75, 3.05) is 13.6 Å². The molecule has 0 saturated carbocycles. The van der Waals surface area contributed by atoms with Gasteiger partial charge in [-0.3, -0.25) is 19.2 Å². The topological polar surface area (TPSA) is 87.1 Å². The lowest BCUT2D eigenvalue weighted by Crippen LogP contribution is -2.36. The second kappa shape index (κ2) is 6.38. The number of H-pyrrole nitrogens is 1. The molecule has 0 radical (unpaired) electrons. The lowest BCUT2D eigenvalue weighted by atomic mass is 10.1. The third kappa shape index (κ3) is 2.99. The maximum atomic E-state index is 12.6. The first-order valence-corrected chi connectivity index (χ1v) is 8.45. The van der Waals surface area contributed by atoms with Crippen molar-refractivity contribution < 1.29 is 4.79 Å². The molecule has 0 atom stereocenters. The monoisotopic (exact) mass is 352 g/mol. The number of carbonyl (C=O) groups is 1. The average molecular weight is 352 g/mol. The fourth-order valence-corrected chi connectivity index (χ4v) is 3.30. The van der Waals surface area contributed by atoms with Gasteiger partial charge in [-0.1, -0.05) is 24.3 Å². The zero-order chi connectivity index (χ0) is 18.3. The molecule has 0 saturated heterocycles. The van der Waals surface area contributed by atoms with Crippen molar-refractivity contribution in [2.24, 2.45) is 7.05 Å². The fourth-order valence-electron chi connectivity index (χ4n) is 3.30. The number of nitrogens with one attached hydrogen (secondary N) is 1. The SMILES string of the molecule is CN(CC(=O)N1Cc2ccccc2C1)Cc1nc2c(cnn2C)c(=O)[nH]1. The highest BCUT2D eigenvalue weighted by molar-refractivity contribution is 5.79. The van der Waals surface area contributed by atoms with E-state index in [1.165, 1.54) is 17.3 Å². The number of aromatic amines is 1. The van der Waals surface area contributed by atoms with Gasteiger partial charge in [0.1, 0.15) is 11.2 Å². The van der Waals surface area contributed by atoms with Crippen molar-refractivity contribution in [3.8, 4) is 0 Å². The number of aryl methyl sites for hydroxylation is 1. The van der Waals surface area contributed by atoms with Gasteiger partial charge in [0.2, 0.25) is 5.91 Å². The van der Waals surface area contributed by atoms with Crippen LogP contribution in [0.2, 0.25) is 0 Å². The van der Waals surface area contributed by atoms with Crippen LogP contribution in [0.5, 0.6) is 0 Å². The number of amides is 1. The Morgan fingerprint density at radius 3 is 2.65 bits per heavy atom. The van der Waals surface area contributed by atoms with Crippen LogP contribution in [0.15, 0.2) is 35.3 Å². The summed E-state index contributed by atoms with van der Waals surface area (Å²) in [6.07, 6.45) is 1.50. The van der Waals surface area contributed by atoms with Crippen molar-refractivity contribution >= 4 is 16.9 Å². The van der Waals surface area contributed by atoms with E-state index in [-0.39, 0.29) is 18.0 Å². The van der Waals surface area contributed by atoms with Gasteiger partial charge in [-0.25, -0.2) is 4.98 Å². The summed E-state index contributed by atoms with van der Waals surface area (Å²) in [5.74, 6) is 0.582. The maximum Gasteiger partial charge on any atom is 0.262 e. The first-order valence-electron chi connectivity index (χ1n) is 8.45. The maximum absolute atomic E-state index is 12.6. The van der Waals surface area contributed by atoms with Crippen LogP contribution < -0.4 is 5.56 Å². The zero-order valence-corrected chi connectivity index (χ0v) is 14.8. The standard InChI is InChI=1S/C18H20N6O2/c1-22(10-15-20-17-14(18(26)21-15)7-19-23(17)2)11-16(25)24-8-12-5-3-4-6-13(12)9-24/h3-7H,8-11H2,1-2H3,(H,20,21,26). The molecule has 8 heteroatoms. The van der Waals surface area contributed by atoms with Crippen LogP contribution in [0.3, 0.4) is 0 Å². The quantitative estimate of drug-likeness (QED) is 0.744. The molecule has 1 N–H and O–H groups in total. The van der Waals surface area contributed by atoms with E-state index in [0.717, 1.165) is 0 Å². The number of aromatic nitrogens is 4. The normalized spacial score (nSPS) is 13.6. The summed E-state index contributed by atoms with van der Waals surface area (Å²) in [6, 6.07) is 8.11. The van der Waals surface area contributed by atoms with Crippen LogP contribution >= 0.6 is 0 Å². The highest BCUT2D eigenvalue weighted by atomic mass is 16.2. The van der Waals surface area contributed by atoms with Crippen LogP contribution in [0.25, 0.3) is 11.0 Å². The van der Waals surface area contributed by atoms with Crippen LogP contribution in [0.4, 0.5) is 0 Å². The summed E-state index contributed by atoms with van der Waals surface area (Å²) in [7, 11) is 3.59. The second-order valence-electron chi connectivity index (χ2n) is 6.71. The lowest BCUT2D eigenvalue weighted by molar-refractivity contribution is -0.132. The molecule has 134 valence electrons. The number of hydrogen-bond acceptors (Lipinski definition) is 5. The molecule has 3 aromatic rings. The predicted molar refractivity (Wildman–Crippen MR) is 96.2 cm³/mol. The molecule has 3 heterocycles. The van der Waals surface area contributed by atoms with Crippen molar-refractivity contribution in [1.82, 2.24) is 29.5 Å². The van der Waals surface area contributed by atoms with Gasteiger partial charge < -0.3 is 9.88 Å². The molecule has 1 amide bonds. The van der Waals surface area contributed by atoms with Gasteiger partial charge in [0, 0.05) is 20.1 Å². The van der Waals surface area contributed by atoms with E-state index in [1.807, 2.05) is 29.0 Å². The third-order valence-electron chi connectivity index (χ3n) is 4.67. The number of fused-ring (bicyclic) bond motifs is 2. The summed E-state index contributed by atoms with van der Waals surface area (Å²) in [5.41, 5.74) is 2.73. The van der Waals surface area contributed by atoms with Crippen molar-refractivity contribution in [3.05, 3.63) is 57.8 Å². The highest BCUT2D eigenvalue weighted by Gasteiger charge is 2.23. The Morgan fingerprint density at radius 2 is 1.96 bits per heavy atom. The van der Waals surface area contributed by atoms with Gasteiger partial charge in [-0.05, 0) is 18.2 Å². The molecule has 0 unspecified atom stereocenters. The molecule has 0 spiro atoms. The van der Waals surface area contributed by atoms with Gasteiger partial charge in [0.25, 0.3) is 5.56 Å². The van der Waals surface area contributed by atoms with E-state index in [2.05, 4.69) is 27.2 Å². The Bertz CT molecular complexity index is 1010. The molecule has 0 bridgehead atoms. The van der Waals surface area contributed by atoms with Gasteiger partial charge in [-0.15, -0.1) is 0 Å². The smallest absolute Gasteiger partial charge is 0.262 e. The first-order chi connectivity index (χ1) is 12.5. The minimum Gasteiger partial charge on any atom is -0.333 e. The number of likely N-dealkylation sites (N-methyl/N-ethyl adjacent to an activating group) is 1. The van der Waals surface area contributed by atoms with Gasteiger partial charge in [-0.2, -0.15) is 5.10 Å². The van der Waals surface area contributed by atoms with E-state index in [4.69, 9.17) is 0 Å². The molecule has 0 aliphatic carbocycles. The van der Waals surface area contributed by atoms with Gasteiger partial charge in [0.05, 0.1) is 19.3 Å². The highest BCUT2D eigenvalue weighted by Crippen LogP contribution is 2.22. The Morgan fingerprint density at radius 1 is 1.27 bits per heavy atom. The minimum atomic E-state index is -0.215. The van der Waals surface area contributed by atoms with E-state index < -0.39 is 0 Å². The summed E-state index contributed by atoms with van der Waals surface area (Å²) in [4.78, 5) is 35.6. The largest absolute Gasteiger partial charge is 0.333 e. The molecule has 2 aromatic heterocycles. The number of hydrogen-bond donors (Lipinski definition) is 1. The molecule has 4 rings (SSSR count). The second-order valence-corrected chi connectivity index (χ2v) is 6.71. The Hall–Kier alpha value is -3.00. The van der Waals surface area contributed by atoms with E-state index in [9.17, 15) is 9.59 Å². The Labute approximate surface area is 150 Å². The molecule has 1 aliphatic heterocycles. The Balaban J connectivity index is 1.43. The molecule has 1 aromatic carbocycles. The predicted octanol–water partition coefficient (Wildman–Crippen LogP) is 0.631. The molecular weight excluding hydrogens is 332 g/mol. The lowest BCUT2D eigenvalue weighted by Gasteiger charge is -2.20. The summed E-state index contributed by atoms with van der Waals surface area (Å²) < 4.78 is 1.57. The minimum absolute atomic E-state index is 0.0626. The van der Waals surface area contributed by atoms with Crippen molar-refractivity contribution in [1.29, 1.82) is 0 Å². The third-order valence-corrected chi connectivity index (χ3v) is 4.67. The number of rotatable bonds is 4. The summed E-state index contributed by atoms with van der Waals surface area (Å²) in [6.45, 7) is 1.95. The number of nitrogens with zero attached hydrogens (tertiary/aromatic N) is 5. The van der Waals surface area contributed by atoms with Crippen LogP contribution in [-0.2, 0) is 31.5 Å². The van der Waals surface area contributed by atoms with Crippen LogP contribution in [-0.4, -0.2) is 49.0 Å². The van der Waals surface area contributed by atoms with Gasteiger partial charge in [0.15, 0.2) is 5.65 Å². The van der Waals surface area contributed by atoms with E-state index >= 15 is 0 Å². The molecule has 0 fully saturated rings. The number of carbonyl (C=O) groups excluding carboxylic acids is 1. The summed E-state index contributed by atoms with van der Waals surface area (Å²) >= 11 is 0. The molecular formula is C18H20N6O2. The van der Waals surface area contributed by atoms with E-state index in [0.29, 0.717) is 36.5 Å². The fraction of sp³-hybridized carbons (Fsp3) is 0.333. The molecule has 8 nitrogen and oxygen atoms in total. The molecule has 26 heavy (non-hydrogen) atoms. The van der Waals surface area contributed by atoms with Crippen LogP contribution in [0, 0.1) is 0 Å². The van der Waals surface area contributed by atoms with Crippen molar-refractivity contribution in [3.63, 3.8) is 0 Å².